The van der Waals surface area contributed by atoms with Gasteiger partial charge in [0.05, 0.1) is 28.6 Å². The Morgan fingerprint density at radius 2 is 1.79 bits per heavy atom. The molecule has 0 radical (unpaired) electrons. The Kier molecular flexibility index (Phi) is 9.59. The van der Waals surface area contributed by atoms with Crippen molar-refractivity contribution in [3.05, 3.63) is 84.2 Å². The van der Waals surface area contributed by atoms with Crippen LogP contribution in [-0.4, -0.2) is 62.5 Å². The van der Waals surface area contributed by atoms with Gasteiger partial charge in [0, 0.05) is 50.4 Å². The second-order valence-corrected chi connectivity index (χ2v) is 13.4. The summed E-state index contributed by atoms with van der Waals surface area (Å²) >= 11 is 3.72. The van der Waals surface area contributed by atoms with Crippen molar-refractivity contribution in [2.75, 3.05) is 37.6 Å². The minimum atomic E-state index is -0.193. The van der Waals surface area contributed by atoms with Crippen LogP contribution in [0.1, 0.15) is 56.7 Å². The molecule has 2 atom stereocenters. The summed E-state index contributed by atoms with van der Waals surface area (Å²) in [6.45, 7) is 10.5. The zero-order valence-corrected chi connectivity index (χ0v) is 26.3. The molecule has 42 heavy (non-hydrogen) atoms. The Morgan fingerprint density at radius 3 is 2.67 bits per heavy atom. The summed E-state index contributed by atoms with van der Waals surface area (Å²) in [5, 5.41) is 1.18. The number of hydrogen-bond donors (Lipinski definition) is 0. The zero-order chi connectivity index (χ0) is 28.9. The molecule has 7 rings (SSSR count). The summed E-state index contributed by atoms with van der Waals surface area (Å²) in [5.74, 6) is -0.193. The summed E-state index contributed by atoms with van der Waals surface area (Å²) < 4.78 is 19.4. The first-order valence-electron chi connectivity index (χ1n) is 15.4. The molecule has 3 aliphatic rings. The minimum absolute atomic E-state index is 0.193. The van der Waals surface area contributed by atoms with Gasteiger partial charge in [-0.15, -0.1) is 0 Å². The van der Waals surface area contributed by atoms with E-state index in [4.69, 9.17) is 4.98 Å². The number of nitrogens with zero attached hydrogens (tertiary/aromatic N) is 6. The highest BCUT2D eigenvalue weighted by molar-refractivity contribution is 7.99. The smallest absolute Gasteiger partial charge is 0.186 e. The van der Waals surface area contributed by atoms with Crippen molar-refractivity contribution in [3.63, 3.8) is 0 Å². The maximum atomic E-state index is 13.3. The second-order valence-electron chi connectivity index (χ2n) is 11.1. The molecule has 5 heterocycles. The number of rotatable bonds is 8. The van der Waals surface area contributed by atoms with Gasteiger partial charge in [-0.05, 0) is 73.9 Å². The summed E-state index contributed by atoms with van der Waals surface area (Å²) in [4.78, 5) is 14.5. The summed E-state index contributed by atoms with van der Waals surface area (Å²) in [6.07, 6.45) is 11.8. The first-order valence-corrected chi connectivity index (χ1v) is 17.0. The molecule has 0 spiro atoms. The lowest BCUT2D eigenvalue weighted by atomic mass is 9.97. The van der Waals surface area contributed by atoms with Crippen molar-refractivity contribution in [3.8, 4) is 11.3 Å². The Hall–Kier alpha value is -2.72. The minimum Gasteiger partial charge on any atom is -0.345 e. The lowest BCUT2D eigenvalue weighted by Crippen LogP contribution is -2.50. The first-order chi connectivity index (χ1) is 20.7. The second kappa shape index (κ2) is 13.7. The highest BCUT2D eigenvalue weighted by atomic mass is 32.2. The van der Waals surface area contributed by atoms with Gasteiger partial charge in [0.2, 0.25) is 0 Å². The number of anilines is 1. The van der Waals surface area contributed by atoms with Crippen molar-refractivity contribution in [1.82, 2.24) is 23.7 Å². The van der Waals surface area contributed by atoms with E-state index in [-0.39, 0.29) is 5.82 Å². The molecule has 0 bridgehead atoms. The van der Waals surface area contributed by atoms with Gasteiger partial charge in [-0.2, -0.15) is 0 Å². The zero-order valence-electron chi connectivity index (χ0n) is 24.7. The van der Waals surface area contributed by atoms with Crippen LogP contribution < -0.4 is 4.90 Å². The topological polar surface area (TPSA) is 40.4 Å². The van der Waals surface area contributed by atoms with Crippen LogP contribution in [0.25, 0.3) is 11.3 Å². The van der Waals surface area contributed by atoms with E-state index in [0.29, 0.717) is 12.1 Å². The molecule has 6 nitrogen and oxygen atoms in total. The van der Waals surface area contributed by atoms with Crippen LogP contribution in [0, 0.1) is 5.82 Å². The molecule has 2 unspecified atom stereocenters. The molecule has 222 valence electrons. The Bertz CT molecular complexity index is 1440. The Balaban J connectivity index is 0.00000155. The van der Waals surface area contributed by atoms with Crippen molar-refractivity contribution < 1.29 is 4.39 Å². The molecular weight excluding hydrogens is 564 g/mol. The van der Waals surface area contributed by atoms with E-state index < -0.39 is 0 Å². The van der Waals surface area contributed by atoms with Gasteiger partial charge in [0.25, 0.3) is 0 Å². The largest absolute Gasteiger partial charge is 0.345 e. The summed E-state index contributed by atoms with van der Waals surface area (Å²) in [5.41, 5.74) is 4.87. The Morgan fingerprint density at radius 1 is 0.952 bits per heavy atom. The number of halogens is 1. The quantitative estimate of drug-likeness (QED) is 0.194. The molecule has 0 saturated carbocycles. The average Bonchev–Trinajstić information content (AvgIpc) is 3.85. The van der Waals surface area contributed by atoms with E-state index in [9.17, 15) is 4.39 Å². The molecule has 0 aliphatic carbocycles. The number of benzene rings is 2. The van der Waals surface area contributed by atoms with E-state index in [1.807, 2.05) is 61.8 Å². The average molecular weight is 605 g/mol. The number of thiazole rings is 1. The number of piperazine rings is 1. The summed E-state index contributed by atoms with van der Waals surface area (Å²) in [7, 11) is 0. The number of fused-ring (bicyclic) bond motifs is 1. The lowest BCUT2D eigenvalue weighted by molar-refractivity contribution is 0.231. The van der Waals surface area contributed by atoms with Crippen LogP contribution in [0.5, 0.6) is 0 Å². The number of hydrogen-bond acceptors (Lipinski definition) is 7. The standard InChI is InChI=1S/C31H35FN6S2.C2H6/c32-24-11-9-23(10-12-24)13-16-37-22-33-19-29(37)27-7-2-1-6-26(27)28-8-4-15-38(28)40-30-20-34-31(39-30)36-18-17-35-14-3-5-25(35)21-36;1-2/h1-2,6-7,9-12,19-20,22,25,28H,3-5,8,13-18,21H2;1-2H3. The third-order valence-electron chi connectivity index (χ3n) is 8.60. The van der Waals surface area contributed by atoms with Crippen molar-refractivity contribution >= 4 is 28.4 Å². The van der Waals surface area contributed by atoms with Gasteiger partial charge in [0.1, 0.15) is 5.82 Å². The van der Waals surface area contributed by atoms with E-state index in [0.717, 1.165) is 56.8 Å². The lowest BCUT2D eigenvalue weighted by Gasteiger charge is -2.37. The van der Waals surface area contributed by atoms with Crippen molar-refractivity contribution in [1.29, 1.82) is 0 Å². The van der Waals surface area contributed by atoms with Crippen LogP contribution in [0.2, 0.25) is 0 Å². The van der Waals surface area contributed by atoms with E-state index in [1.165, 1.54) is 58.4 Å². The van der Waals surface area contributed by atoms with E-state index in [1.54, 1.807) is 0 Å². The molecule has 2 aromatic heterocycles. The third kappa shape index (κ3) is 6.44. The van der Waals surface area contributed by atoms with Gasteiger partial charge in [0.15, 0.2) is 5.13 Å². The molecular formula is C33H41FN6S2. The van der Waals surface area contributed by atoms with Crippen LogP contribution in [0.15, 0.2) is 71.5 Å². The highest BCUT2D eigenvalue weighted by Gasteiger charge is 2.33. The SMILES string of the molecule is CC.Fc1ccc(CCn2cncc2-c2ccccc2C2CCCN2Sc2cnc(N3CCN4CCCC4C3)s2)cc1. The first kappa shape index (κ1) is 29.4. The van der Waals surface area contributed by atoms with Crippen LogP contribution >= 0.6 is 23.3 Å². The normalized spacial score (nSPS) is 20.9. The van der Waals surface area contributed by atoms with E-state index >= 15 is 0 Å². The molecule has 4 aromatic rings. The fraction of sp³-hybridized carbons (Fsp3) is 0.455. The maximum Gasteiger partial charge on any atom is 0.186 e. The number of imidazole rings is 1. The number of aryl methyl sites for hydroxylation is 2. The monoisotopic (exact) mass is 604 g/mol. The van der Waals surface area contributed by atoms with Gasteiger partial charge in [-0.25, -0.2) is 18.7 Å². The highest BCUT2D eigenvalue weighted by Crippen LogP contribution is 2.45. The fourth-order valence-corrected chi connectivity index (χ4v) is 8.77. The molecule has 0 N–H and O–H groups in total. The Labute approximate surface area is 257 Å². The maximum absolute atomic E-state index is 13.3. The predicted octanol–water partition coefficient (Wildman–Crippen LogP) is 7.54. The predicted molar refractivity (Wildman–Crippen MR) is 173 cm³/mol. The van der Waals surface area contributed by atoms with Gasteiger partial charge < -0.3 is 9.47 Å². The fourth-order valence-electron chi connectivity index (χ4n) is 6.52. The van der Waals surface area contributed by atoms with Crippen molar-refractivity contribution in [2.45, 2.75) is 68.8 Å². The van der Waals surface area contributed by atoms with E-state index in [2.05, 4.69) is 54.1 Å². The van der Waals surface area contributed by atoms with Gasteiger partial charge >= 0.3 is 0 Å². The van der Waals surface area contributed by atoms with Crippen molar-refractivity contribution in [2.24, 2.45) is 0 Å². The van der Waals surface area contributed by atoms with Crippen LogP contribution in [0.3, 0.4) is 0 Å². The van der Waals surface area contributed by atoms with Crippen LogP contribution in [0.4, 0.5) is 9.52 Å². The molecule has 3 saturated heterocycles. The van der Waals surface area contributed by atoms with Crippen LogP contribution in [-0.2, 0) is 13.0 Å². The molecule has 0 amide bonds. The van der Waals surface area contributed by atoms with Gasteiger partial charge in [-0.1, -0.05) is 61.6 Å². The molecule has 3 aliphatic heterocycles. The number of aromatic nitrogens is 3. The van der Waals surface area contributed by atoms with Gasteiger partial charge in [-0.3, -0.25) is 4.90 Å². The molecule has 2 aromatic carbocycles. The summed E-state index contributed by atoms with van der Waals surface area (Å²) in [6, 6.07) is 16.7. The molecule has 9 heteroatoms. The third-order valence-corrected chi connectivity index (χ3v) is 10.9. The molecule has 3 fully saturated rings.